The van der Waals surface area contributed by atoms with Crippen LogP contribution in [0.4, 0.5) is 0 Å². The number of hydrogen-bond acceptors (Lipinski definition) is 6. The zero-order valence-electron chi connectivity index (χ0n) is 23.3. The molecule has 3 aromatic rings. The number of hydrogen-bond donors (Lipinski definition) is 6. The maximum Gasteiger partial charge on any atom is 0.246 e. The molecule has 1 saturated carbocycles. The number of aryl methyl sites for hydroxylation is 2. The molecule has 0 bridgehead atoms. The second kappa shape index (κ2) is 12.6. The highest BCUT2D eigenvalue weighted by Crippen LogP contribution is 2.46. The molecule has 1 aliphatic rings. The van der Waals surface area contributed by atoms with Gasteiger partial charge in [-0.3, -0.25) is 14.4 Å². The van der Waals surface area contributed by atoms with Crippen LogP contribution in [0.5, 0.6) is 0 Å². The van der Waals surface area contributed by atoms with E-state index < -0.39 is 17.5 Å². The van der Waals surface area contributed by atoms with Crippen LogP contribution < -0.4 is 27.8 Å². The second-order valence-electron chi connectivity index (χ2n) is 10.8. The summed E-state index contributed by atoms with van der Waals surface area (Å²) in [5.41, 5.74) is 21.7. The van der Waals surface area contributed by atoms with E-state index in [4.69, 9.17) is 17.2 Å². The Morgan fingerprint density at radius 2 is 1.75 bits per heavy atom. The summed E-state index contributed by atoms with van der Waals surface area (Å²) in [5.74, 6) is -1.17. The summed E-state index contributed by atoms with van der Waals surface area (Å²) in [6.07, 6.45) is 0.932. The van der Waals surface area contributed by atoms with Crippen molar-refractivity contribution in [1.29, 1.82) is 0 Å². The second-order valence-corrected chi connectivity index (χ2v) is 10.8. The number of carbonyl (C=O) groups excluding carboxylic acids is 3. The number of amides is 3. The van der Waals surface area contributed by atoms with Gasteiger partial charge in [-0.2, -0.15) is 0 Å². The minimum Gasteiger partial charge on any atom is -0.358 e. The first-order valence-corrected chi connectivity index (χ1v) is 13.8. The van der Waals surface area contributed by atoms with Crippen molar-refractivity contribution in [2.75, 3.05) is 26.2 Å². The van der Waals surface area contributed by atoms with E-state index >= 15 is 0 Å². The van der Waals surface area contributed by atoms with E-state index in [0.29, 0.717) is 32.5 Å². The number of nitrogens with one attached hydrogen (secondary N) is 3. The van der Waals surface area contributed by atoms with Crippen LogP contribution in [-0.4, -0.2) is 65.4 Å². The minimum absolute atomic E-state index is 0.0928. The molecule has 214 valence electrons. The number of H-pyrrole nitrogens is 1. The minimum atomic E-state index is -1.10. The third-order valence-electron chi connectivity index (χ3n) is 7.89. The summed E-state index contributed by atoms with van der Waals surface area (Å²) in [6, 6.07) is 14.8. The summed E-state index contributed by atoms with van der Waals surface area (Å²) in [4.78, 5) is 44.4. The number of nitrogens with zero attached hydrogens (tertiary/aromatic N) is 1. The first-order chi connectivity index (χ1) is 19.2. The van der Waals surface area contributed by atoms with Gasteiger partial charge in [-0.15, -0.1) is 0 Å². The van der Waals surface area contributed by atoms with Gasteiger partial charge in [-0.1, -0.05) is 36.4 Å². The van der Waals surface area contributed by atoms with E-state index in [9.17, 15) is 14.4 Å². The van der Waals surface area contributed by atoms with E-state index in [1.807, 2.05) is 49.4 Å². The molecule has 2 aromatic carbocycles. The Morgan fingerprint density at radius 1 is 1.05 bits per heavy atom. The Morgan fingerprint density at radius 3 is 2.42 bits per heavy atom. The Hall–Kier alpha value is -3.73. The van der Waals surface area contributed by atoms with Gasteiger partial charge in [0, 0.05) is 49.3 Å². The molecule has 3 atom stereocenters. The van der Waals surface area contributed by atoms with E-state index in [1.54, 1.807) is 0 Å². The van der Waals surface area contributed by atoms with Crippen molar-refractivity contribution in [3.8, 4) is 0 Å². The average Bonchev–Trinajstić information content (AvgIpc) is 3.55. The number of aromatic nitrogens is 1. The van der Waals surface area contributed by atoms with Gasteiger partial charge in [0.1, 0.15) is 5.54 Å². The molecule has 4 rings (SSSR count). The van der Waals surface area contributed by atoms with Gasteiger partial charge < -0.3 is 37.7 Å². The Labute approximate surface area is 235 Å². The van der Waals surface area contributed by atoms with Crippen LogP contribution >= 0.6 is 0 Å². The average molecular weight is 548 g/mol. The van der Waals surface area contributed by atoms with Gasteiger partial charge in [-0.25, -0.2) is 0 Å². The Bertz CT molecular complexity index is 1350. The normalized spacial score (nSPS) is 18.8. The topological polar surface area (TPSA) is 172 Å². The summed E-state index contributed by atoms with van der Waals surface area (Å²) >= 11 is 0. The van der Waals surface area contributed by atoms with Gasteiger partial charge in [0.15, 0.2) is 0 Å². The zero-order valence-corrected chi connectivity index (χ0v) is 23.3. The van der Waals surface area contributed by atoms with Gasteiger partial charge in [-0.05, 0) is 61.4 Å². The number of fused-ring (bicyclic) bond motifs is 1. The van der Waals surface area contributed by atoms with Gasteiger partial charge >= 0.3 is 0 Å². The molecule has 0 radical (unpaired) electrons. The van der Waals surface area contributed by atoms with Crippen molar-refractivity contribution in [1.82, 2.24) is 20.5 Å². The predicted molar refractivity (Wildman–Crippen MR) is 156 cm³/mol. The molecule has 1 aliphatic carbocycles. The molecule has 10 nitrogen and oxygen atoms in total. The summed E-state index contributed by atoms with van der Waals surface area (Å²) in [6.45, 7) is 5.68. The van der Waals surface area contributed by atoms with Gasteiger partial charge in [0.05, 0.1) is 12.5 Å². The van der Waals surface area contributed by atoms with Crippen LogP contribution in [0.15, 0.2) is 48.5 Å². The van der Waals surface area contributed by atoms with E-state index in [0.717, 1.165) is 27.7 Å². The summed E-state index contributed by atoms with van der Waals surface area (Å²) in [5, 5.41) is 7.08. The van der Waals surface area contributed by atoms with Crippen molar-refractivity contribution >= 4 is 28.6 Å². The quantitative estimate of drug-likeness (QED) is 0.186. The van der Waals surface area contributed by atoms with E-state index in [2.05, 4.69) is 28.6 Å². The number of benzene rings is 2. The van der Waals surface area contributed by atoms with Crippen molar-refractivity contribution in [2.45, 2.75) is 51.2 Å². The molecule has 1 aromatic heterocycles. The number of carbonyl (C=O) groups is 3. The summed E-state index contributed by atoms with van der Waals surface area (Å²) < 4.78 is 0. The predicted octanol–water partition coefficient (Wildman–Crippen LogP) is 0.982. The van der Waals surface area contributed by atoms with Crippen LogP contribution in [0.3, 0.4) is 0 Å². The van der Waals surface area contributed by atoms with Crippen LogP contribution in [0.1, 0.15) is 35.2 Å². The first kappa shape index (κ1) is 29.3. The molecule has 1 fully saturated rings. The lowest BCUT2D eigenvalue weighted by molar-refractivity contribution is -0.135. The van der Waals surface area contributed by atoms with Crippen molar-refractivity contribution in [3.05, 3.63) is 70.9 Å². The summed E-state index contributed by atoms with van der Waals surface area (Å²) in [7, 11) is 0. The third kappa shape index (κ3) is 6.52. The van der Waals surface area contributed by atoms with Crippen molar-refractivity contribution in [3.63, 3.8) is 0 Å². The zero-order chi connectivity index (χ0) is 28.9. The van der Waals surface area contributed by atoms with Crippen LogP contribution in [0, 0.1) is 19.8 Å². The molecule has 0 spiro atoms. The molecule has 10 heteroatoms. The fourth-order valence-electron chi connectivity index (χ4n) is 5.32. The number of nitrogens with two attached hydrogens (primary N) is 3. The molecular weight excluding hydrogens is 506 g/mol. The lowest BCUT2D eigenvalue weighted by atomic mass is 10.0. The first-order valence-electron chi connectivity index (χ1n) is 13.8. The molecule has 0 aliphatic heterocycles. The van der Waals surface area contributed by atoms with Gasteiger partial charge in [0.25, 0.3) is 0 Å². The van der Waals surface area contributed by atoms with Gasteiger partial charge in [0.2, 0.25) is 17.7 Å². The third-order valence-corrected chi connectivity index (χ3v) is 7.89. The largest absolute Gasteiger partial charge is 0.358 e. The SMILES string of the molecule is Cc1[nH]c2ccc(CNC(=O)[C@@]3(NC(=O)[C@@H](N)CC(=O)N(CCN)CCN)CC3Cc3ccccc3)cc2c1C. The molecule has 40 heavy (non-hydrogen) atoms. The highest BCUT2D eigenvalue weighted by atomic mass is 16.2. The highest BCUT2D eigenvalue weighted by molar-refractivity contribution is 5.97. The maximum absolute atomic E-state index is 13.6. The number of aromatic amines is 1. The fraction of sp³-hybridized carbons (Fsp3) is 0.433. The van der Waals surface area contributed by atoms with Crippen molar-refractivity contribution < 1.29 is 14.4 Å². The number of rotatable bonds is 13. The molecule has 1 unspecified atom stereocenters. The monoisotopic (exact) mass is 547 g/mol. The molecule has 3 amide bonds. The van der Waals surface area contributed by atoms with Crippen LogP contribution in [-0.2, 0) is 27.3 Å². The Balaban J connectivity index is 1.46. The molecule has 1 heterocycles. The maximum atomic E-state index is 13.6. The Kier molecular flexibility index (Phi) is 9.24. The van der Waals surface area contributed by atoms with E-state index in [1.165, 1.54) is 10.5 Å². The highest BCUT2D eigenvalue weighted by Gasteiger charge is 2.60. The fourth-order valence-corrected chi connectivity index (χ4v) is 5.32. The van der Waals surface area contributed by atoms with Crippen LogP contribution in [0.25, 0.3) is 10.9 Å². The lowest BCUT2D eigenvalue weighted by Crippen LogP contribution is -2.55. The van der Waals surface area contributed by atoms with Crippen LogP contribution in [0.2, 0.25) is 0 Å². The molecule has 0 saturated heterocycles. The van der Waals surface area contributed by atoms with E-state index in [-0.39, 0.29) is 37.2 Å². The molecule has 9 N–H and O–H groups in total. The lowest BCUT2D eigenvalue weighted by Gasteiger charge is -2.24. The smallest absolute Gasteiger partial charge is 0.246 e. The molecular formula is C30H41N7O3. The standard InChI is InChI=1S/C30H41N7O3/c1-19-20(2)35-26-9-8-22(15-24(19)26)18-34-29(40)30(17-23(30)14-21-6-4-3-5-7-21)36-28(39)25(33)16-27(38)37(12-10-31)13-11-32/h3-9,15,23,25,35H,10-14,16-18,31-33H2,1-2H3,(H,34,40)(H,36,39)/t23?,25-,30+/m0/s1. The van der Waals surface area contributed by atoms with Crippen molar-refractivity contribution in [2.24, 2.45) is 23.1 Å².